The maximum atomic E-state index is 14.1. The van der Waals surface area contributed by atoms with E-state index in [-0.39, 0.29) is 17.2 Å². The highest BCUT2D eigenvalue weighted by Gasteiger charge is 2.37. The standard InChI is InChI=1S/C17H12F2N2OS/c18-12-2-1-3-13(19)16(12)17-21(15(22)9-23-17)11-4-5-14-10(8-11)6-7-20-14/h1-5,7-8,17H,6,9H2. The van der Waals surface area contributed by atoms with Gasteiger partial charge in [-0.1, -0.05) is 6.07 Å². The van der Waals surface area contributed by atoms with Crippen molar-refractivity contribution in [3.63, 3.8) is 0 Å². The van der Waals surface area contributed by atoms with E-state index in [1.807, 2.05) is 18.3 Å². The Kier molecular flexibility index (Phi) is 3.41. The number of nitrogens with zero attached hydrogens (tertiary/aromatic N) is 2. The Hall–Kier alpha value is -2.21. The molecule has 1 saturated heterocycles. The van der Waals surface area contributed by atoms with E-state index in [1.165, 1.54) is 34.9 Å². The Balaban J connectivity index is 1.78. The van der Waals surface area contributed by atoms with Gasteiger partial charge in [-0.2, -0.15) is 0 Å². The minimum absolute atomic E-state index is 0.0694. The number of halogens is 2. The van der Waals surface area contributed by atoms with Crippen molar-refractivity contribution < 1.29 is 13.6 Å². The first-order chi connectivity index (χ1) is 11.1. The molecule has 0 saturated carbocycles. The maximum absolute atomic E-state index is 14.1. The molecule has 6 heteroatoms. The minimum Gasteiger partial charge on any atom is -0.295 e. The van der Waals surface area contributed by atoms with Crippen LogP contribution < -0.4 is 4.90 Å². The van der Waals surface area contributed by atoms with Crippen molar-refractivity contribution in [1.82, 2.24) is 0 Å². The molecule has 2 heterocycles. The van der Waals surface area contributed by atoms with Gasteiger partial charge in [0.2, 0.25) is 5.91 Å². The summed E-state index contributed by atoms with van der Waals surface area (Å²) in [5, 5.41) is -0.691. The number of fused-ring (bicyclic) bond motifs is 1. The molecular formula is C17H12F2N2OS. The summed E-state index contributed by atoms with van der Waals surface area (Å²) in [7, 11) is 0. The van der Waals surface area contributed by atoms with E-state index in [4.69, 9.17) is 0 Å². The highest BCUT2D eigenvalue weighted by molar-refractivity contribution is 8.00. The van der Waals surface area contributed by atoms with E-state index in [0.717, 1.165) is 11.3 Å². The van der Waals surface area contributed by atoms with Crippen LogP contribution in [0.3, 0.4) is 0 Å². The lowest BCUT2D eigenvalue weighted by Crippen LogP contribution is -2.28. The second-order valence-corrected chi connectivity index (χ2v) is 6.46. The lowest BCUT2D eigenvalue weighted by Gasteiger charge is -2.25. The van der Waals surface area contributed by atoms with E-state index in [9.17, 15) is 13.6 Å². The van der Waals surface area contributed by atoms with Crippen LogP contribution in [0.15, 0.2) is 41.4 Å². The van der Waals surface area contributed by atoms with E-state index < -0.39 is 17.0 Å². The Morgan fingerprint density at radius 2 is 1.96 bits per heavy atom. The van der Waals surface area contributed by atoms with Crippen molar-refractivity contribution >= 4 is 35.3 Å². The molecule has 3 nitrogen and oxygen atoms in total. The molecule has 0 N–H and O–H groups in total. The van der Waals surface area contributed by atoms with Gasteiger partial charge in [-0.25, -0.2) is 8.78 Å². The quantitative estimate of drug-likeness (QED) is 0.834. The number of hydrogen-bond acceptors (Lipinski definition) is 3. The van der Waals surface area contributed by atoms with Gasteiger partial charge in [0.05, 0.1) is 17.0 Å². The summed E-state index contributed by atoms with van der Waals surface area (Å²) in [4.78, 5) is 18.0. The molecule has 0 aromatic heterocycles. The predicted octanol–water partition coefficient (Wildman–Crippen LogP) is 4.00. The molecule has 2 aliphatic heterocycles. The summed E-state index contributed by atoms with van der Waals surface area (Å²) in [5.74, 6) is -1.22. The van der Waals surface area contributed by atoms with Gasteiger partial charge in [0, 0.05) is 18.3 Å². The molecule has 2 aliphatic rings. The molecule has 0 spiro atoms. The van der Waals surface area contributed by atoms with Crippen LogP contribution >= 0.6 is 11.8 Å². The summed E-state index contributed by atoms with van der Waals surface area (Å²) in [6.45, 7) is 0. The summed E-state index contributed by atoms with van der Waals surface area (Å²) in [6.07, 6.45) is 2.51. The van der Waals surface area contributed by atoms with Crippen LogP contribution in [0.4, 0.5) is 20.2 Å². The van der Waals surface area contributed by atoms with Crippen LogP contribution in [0.1, 0.15) is 16.5 Å². The molecule has 23 heavy (non-hydrogen) atoms. The van der Waals surface area contributed by atoms with Gasteiger partial charge in [0.15, 0.2) is 0 Å². The Morgan fingerprint density at radius 1 is 1.17 bits per heavy atom. The third-order valence-corrected chi connectivity index (χ3v) is 5.17. The second kappa shape index (κ2) is 5.45. The van der Waals surface area contributed by atoms with Gasteiger partial charge in [-0.3, -0.25) is 14.7 Å². The van der Waals surface area contributed by atoms with Crippen molar-refractivity contribution in [3.8, 4) is 0 Å². The van der Waals surface area contributed by atoms with E-state index in [0.29, 0.717) is 12.1 Å². The van der Waals surface area contributed by atoms with Gasteiger partial charge < -0.3 is 0 Å². The lowest BCUT2D eigenvalue weighted by molar-refractivity contribution is -0.115. The molecule has 1 unspecified atom stereocenters. The topological polar surface area (TPSA) is 32.7 Å². The van der Waals surface area contributed by atoms with Crippen molar-refractivity contribution in [2.75, 3.05) is 10.7 Å². The number of benzene rings is 2. The number of hydrogen-bond donors (Lipinski definition) is 0. The number of amides is 1. The molecule has 1 fully saturated rings. The fraction of sp³-hybridized carbons (Fsp3) is 0.176. The van der Waals surface area contributed by atoms with Gasteiger partial charge in [0.25, 0.3) is 0 Å². The van der Waals surface area contributed by atoms with Crippen LogP contribution in [0.25, 0.3) is 0 Å². The van der Waals surface area contributed by atoms with E-state index in [1.54, 1.807) is 6.07 Å². The number of anilines is 1. The summed E-state index contributed by atoms with van der Waals surface area (Å²) >= 11 is 1.23. The number of rotatable bonds is 2. The molecule has 2 aromatic carbocycles. The number of carbonyl (C=O) groups excluding carboxylic acids is 1. The Labute approximate surface area is 136 Å². The zero-order chi connectivity index (χ0) is 16.0. The second-order valence-electron chi connectivity index (χ2n) is 5.39. The largest absolute Gasteiger partial charge is 0.295 e. The van der Waals surface area contributed by atoms with Gasteiger partial charge in [0.1, 0.15) is 17.0 Å². The average Bonchev–Trinajstić information content (AvgIpc) is 3.13. The van der Waals surface area contributed by atoms with Crippen molar-refractivity contribution in [2.45, 2.75) is 11.8 Å². The van der Waals surface area contributed by atoms with Crippen LogP contribution in [0, 0.1) is 11.6 Å². The monoisotopic (exact) mass is 330 g/mol. The predicted molar refractivity (Wildman–Crippen MR) is 87.3 cm³/mol. The summed E-state index contributed by atoms with van der Waals surface area (Å²) in [6, 6.07) is 9.24. The number of thioether (sulfide) groups is 1. The molecule has 4 rings (SSSR count). The SMILES string of the molecule is O=C1CSC(c2c(F)cccc2F)N1c1ccc2c(c1)CC=N2. The first kappa shape index (κ1) is 14.4. The lowest BCUT2D eigenvalue weighted by atomic mass is 10.1. The van der Waals surface area contributed by atoms with E-state index >= 15 is 0 Å². The maximum Gasteiger partial charge on any atom is 0.238 e. The fourth-order valence-electron chi connectivity index (χ4n) is 2.92. The van der Waals surface area contributed by atoms with E-state index in [2.05, 4.69) is 4.99 Å². The number of carbonyl (C=O) groups is 1. The zero-order valence-corrected chi connectivity index (χ0v) is 12.8. The molecule has 0 bridgehead atoms. The zero-order valence-electron chi connectivity index (χ0n) is 12.0. The molecule has 2 aromatic rings. The van der Waals surface area contributed by atoms with Gasteiger partial charge >= 0.3 is 0 Å². The summed E-state index contributed by atoms with van der Waals surface area (Å²) < 4.78 is 28.3. The third-order valence-electron chi connectivity index (χ3n) is 4.00. The average molecular weight is 330 g/mol. The Bertz CT molecular complexity index is 817. The first-order valence-electron chi connectivity index (χ1n) is 7.18. The smallest absolute Gasteiger partial charge is 0.238 e. The fourth-order valence-corrected chi connectivity index (χ4v) is 4.14. The minimum atomic E-state index is -0.691. The molecule has 0 aliphatic carbocycles. The molecule has 1 amide bonds. The van der Waals surface area contributed by atoms with Crippen LogP contribution in [0.5, 0.6) is 0 Å². The van der Waals surface area contributed by atoms with Gasteiger partial charge in [-0.15, -0.1) is 11.8 Å². The Morgan fingerprint density at radius 3 is 2.74 bits per heavy atom. The molecule has 116 valence electrons. The van der Waals surface area contributed by atoms with Crippen molar-refractivity contribution in [3.05, 3.63) is 59.2 Å². The van der Waals surface area contributed by atoms with Crippen molar-refractivity contribution in [1.29, 1.82) is 0 Å². The van der Waals surface area contributed by atoms with Crippen molar-refractivity contribution in [2.24, 2.45) is 4.99 Å². The summed E-state index contributed by atoms with van der Waals surface area (Å²) in [5.41, 5.74) is 2.47. The number of aliphatic imine (C=N–C) groups is 1. The first-order valence-corrected chi connectivity index (χ1v) is 8.23. The third kappa shape index (κ3) is 2.34. The van der Waals surface area contributed by atoms with Crippen LogP contribution in [-0.4, -0.2) is 17.9 Å². The normalized spacial score (nSPS) is 19.5. The van der Waals surface area contributed by atoms with Crippen LogP contribution in [-0.2, 0) is 11.2 Å². The highest BCUT2D eigenvalue weighted by Crippen LogP contribution is 2.44. The highest BCUT2D eigenvalue weighted by atomic mass is 32.2. The molecule has 0 radical (unpaired) electrons. The van der Waals surface area contributed by atoms with Gasteiger partial charge in [-0.05, 0) is 35.9 Å². The molecule has 1 atom stereocenters. The van der Waals surface area contributed by atoms with Crippen LogP contribution in [0.2, 0.25) is 0 Å². The molecular weight excluding hydrogens is 318 g/mol.